The zero-order valence-corrected chi connectivity index (χ0v) is 12.1. The van der Waals surface area contributed by atoms with Gasteiger partial charge in [-0.25, -0.2) is 4.84 Å². The Bertz CT molecular complexity index is 210. The van der Waals surface area contributed by atoms with Gasteiger partial charge in [0.1, 0.15) is 0 Å². The van der Waals surface area contributed by atoms with E-state index < -0.39 is 7.51 Å². The highest BCUT2D eigenvalue weighted by Gasteiger charge is 2.29. The van der Waals surface area contributed by atoms with Crippen LogP contribution in [-0.4, -0.2) is 62.4 Å². The molecule has 0 radical (unpaired) electrons. The Morgan fingerprint density at radius 2 is 1.20 bits per heavy atom. The molecule has 0 aromatic heterocycles. The number of hydrogen-bond donors (Lipinski definition) is 0. The molecule has 0 unspecified atom stereocenters. The lowest BCUT2D eigenvalue weighted by Gasteiger charge is -2.40. The van der Waals surface area contributed by atoms with Crippen molar-refractivity contribution < 1.29 is 4.84 Å². The van der Waals surface area contributed by atoms with Gasteiger partial charge in [-0.3, -0.25) is 14.0 Å². The van der Waals surface area contributed by atoms with Crippen molar-refractivity contribution in [1.82, 2.24) is 14.0 Å². The molecule has 0 fully saturated rings. The third kappa shape index (κ3) is 3.54. The predicted molar refractivity (Wildman–Crippen MR) is 66.6 cm³/mol. The first-order chi connectivity index (χ1) is 6.75. The maximum absolute atomic E-state index is 5.44. The molecule has 0 N–H and O–H groups in total. The van der Waals surface area contributed by atoms with Gasteiger partial charge in [0, 0.05) is 0 Å². The van der Waals surface area contributed by atoms with Gasteiger partial charge in [-0.2, -0.15) is 0 Å². The van der Waals surface area contributed by atoms with Gasteiger partial charge in [-0.1, -0.05) is 0 Å². The molecule has 0 aromatic rings. The smallest absolute Gasteiger partial charge is 0.197 e. The van der Waals surface area contributed by atoms with Gasteiger partial charge >= 0.3 is 0 Å². The second-order valence-corrected chi connectivity index (χ2v) is 7.95. The van der Waals surface area contributed by atoms with Crippen molar-refractivity contribution in [2.45, 2.75) is 20.0 Å². The molecular formula is C9H25N4OP. The largest absolute Gasteiger partial charge is 0.250 e. The molecule has 0 atom stereocenters. The Balaban J connectivity index is 5.23. The van der Waals surface area contributed by atoms with E-state index in [9.17, 15) is 0 Å². The molecule has 0 aliphatic rings. The van der Waals surface area contributed by atoms with Crippen molar-refractivity contribution in [2.24, 2.45) is 4.91 Å². The van der Waals surface area contributed by atoms with E-state index in [1.807, 2.05) is 56.1 Å². The van der Waals surface area contributed by atoms with E-state index in [0.717, 1.165) is 0 Å². The Hall–Kier alpha value is 0.0700. The van der Waals surface area contributed by atoms with Crippen LogP contribution in [0.1, 0.15) is 13.8 Å². The SMILES string of the molecule is CC(C)ON=P(N(C)C)(N(C)C)N(C)C. The molecule has 0 saturated carbocycles. The van der Waals surface area contributed by atoms with Crippen molar-refractivity contribution >= 4 is 7.51 Å². The van der Waals surface area contributed by atoms with Crippen LogP contribution in [0.2, 0.25) is 0 Å². The fraction of sp³-hybridized carbons (Fsp3) is 1.00. The first kappa shape index (κ1) is 15.1. The molecule has 0 aliphatic heterocycles. The molecule has 0 amide bonds. The van der Waals surface area contributed by atoms with Crippen molar-refractivity contribution in [3.05, 3.63) is 0 Å². The van der Waals surface area contributed by atoms with Gasteiger partial charge in [0.2, 0.25) is 0 Å². The Labute approximate surface area is 94.2 Å². The van der Waals surface area contributed by atoms with Crippen molar-refractivity contribution in [3.63, 3.8) is 0 Å². The molecule has 0 heterocycles. The van der Waals surface area contributed by atoms with E-state index in [-0.39, 0.29) is 6.10 Å². The molecule has 0 bridgehead atoms. The Morgan fingerprint density at radius 3 is 1.40 bits per heavy atom. The Morgan fingerprint density at radius 1 is 0.867 bits per heavy atom. The number of hydrogen-bond acceptors (Lipinski definition) is 2. The third-order valence-electron chi connectivity index (χ3n) is 1.98. The highest BCUT2D eigenvalue weighted by atomic mass is 31.2. The van der Waals surface area contributed by atoms with E-state index in [4.69, 9.17) is 4.84 Å². The summed E-state index contributed by atoms with van der Waals surface area (Å²) in [5.74, 6) is 0. The summed E-state index contributed by atoms with van der Waals surface area (Å²) in [5.41, 5.74) is 0. The fourth-order valence-electron chi connectivity index (χ4n) is 1.45. The number of nitrogens with zero attached hydrogens (tertiary/aromatic N) is 4. The second kappa shape index (κ2) is 5.97. The van der Waals surface area contributed by atoms with Crippen molar-refractivity contribution in [2.75, 3.05) is 42.3 Å². The second-order valence-electron chi connectivity index (χ2n) is 4.31. The molecule has 0 rings (SSSR count). The minimum atomic E-state index is -1.86. The van der Waals surface area contributed by atoms with Gasteiger partial charge in [0.15, 0.2) is 7.51 Å². The summed E-state index contributed by atoms with van der Waals surface area (Å²) < 4.78 is 6.36. The topological polar surface area (TPSA) is 31.3 Å². The van der Waals surface area contributed by atoms with Crippen molar-refractivity contribution in [1.29, 1.82) is 0 Å². The van der Waals surface area contributed by atoms with Gasteiger partial charge in [-0.05, 0) is 56.1 Å². The van der Waals surface area contributed by atoms with Crippen LogP contribution >= 0.6 is 7.51 Å². The molecule has 15 heavy (non-hydrogen) atoms. The van der Waals surface area contributed by atoms with Gasteiger partial charge in [0.05, 0.1) is 6.10 Å². The maximum Gasteiger partial charge on any atom is 0.197 e. The van der Waals surface area contributed by atoms with E-state index in [2.05, 4.69) is 18.9 Å². The molecule has 5 nitrogen and oxygen atoms in total. The van der Waals surface area contributed by atoms with Gasteiger partial charge in [0.25, 0.3) is 0 Å². The van der Waals surface area contributed by atoms with Crippen molar-refractivity contribution in [3.8, 4) is 0 Å². The van der Waals surface area contributed by atoms with Crippen LogP contribution in [0.5, 0.6) is 0 Å². The highest BCUT2D eigenvalue weighted by Crippen LogP contribution is 2.54. The minimum absolute atomic E-state index is 0.115. The molecule has 6 heteroatoms. The Kier molecular flexibility index (Phi) is 5.99. The molecule has 92 valence electrons. The average molecular weight is 236 g/mol. The van der Waals surface area contributed by atoms with Crippen LogP contribution in [0.15, 0.2) is 4.91 Å². The zero-order chi connectivity index (χ0) is 12.2. The molecule has 0 aliphatic carbocycles. The fourth-order valence-corrected chi connectivity index (χ4v) is 4.35. The van der Waals surface area contributed by atoms with Crippen LogP contribution < -0.4 is 0 Å². The summed E-state index contributed by atoms with van der Waals surface area (Å²) in [6, 6.07) is 0. The van der Waals surface area contributed by atoms with Gasteiger partial charge in [-0.15, -0.1) is 4.91 Å². The summed E-state index contributed by atoms with van der Waals surface area (Å²) in [5, 5.41) is 0. The van der Waals surface area contributed by atoms with Crippen LogP contribution in [0, 0.1) is 0 Å². The van der Waals surface area contributed by atoms with E-state index in [0.29, 0.717) is 0 Å². The lowest BCUT2D eigenvalue weighted by Crippen LogP contribution is -2.31. The average Bonchev–Trinajstić information content (AvgIpc) is 2.02. The third-order valence-corrected chi connectivity index (χ3v) is 5.51. The van der Waals surface area contributed by atoms with Crippen LogP contribution in [0.4, 0.5) is 0 Å². The lowest BCUT2D eigenvalue weighted by atomic mass is 10.5. The highest BCUT2D eigenvalue weighted by molar-refractivity contribution is 7.58. The van der Waals surface area contributed by atoms with E-state index in [1.165, 1.54) is 0 Å². The summed E-state index contributed by atoms with van der Waals surface area (Å²) in [6.07, 6.45) is 0.115. The normalized spacial score (nSPS) is 13.3. The predicted octanol–water partition coefficient (Wildman–Crippen LogP) is 1.96. The first-order valence-electron chi connectivity index (χ1n) is 5.06. The van der Waals surface area contributed by atoms with Gasteiger partial charge < -0.3 is 0 Å². The number of rotatable bonds is 5. The molecule has 0 saturated heterocycles. The van der Waals surface area contributed by atoms with E-state index >= 15 is 0 Å². The summed E-state index contributed by atoms with van der Waals surface area (Å²) in [6.45, 7) is 3.97. The van der Waals surface area contributed by atoms with Crippen LogP contribution in [0.3, 0.4) is 0 Å². The van der Waals surface area contributed by atoms with Crippen LogP contribution in [-0.2, 0) is 4.84 Å². The molecular weight excluding hydrogens is 211 g/mol. The molecule has 0 spiro atoms. The quantitative estimate of drug-likeness (QED) is 0.539. The van der Waals surface area contributed by atoms with E-state index in [1.54, 1.807) is 0 Å². The standard InChI is InChI=1S/C9H25N4OP/c1-9(2)14-10-15(11(3)4,12(5)6)13(7)8/h9H,1-8H3. The first-order valence-corrected chi connectivity index (χ1v) is 6.66. The molecule has 0 aromatic carbocycles. The zero-order valence-electron chi connectivity index (χ0n) is 11.2. The summed E-state index contributed by atoms with van der Waals surface area (Å²) in [4.78, 5) is 9.88. The maximum atomic E-state index is 5.44. The van der Waals surface area contributed by atoms with Crippen LogP contribution in [0.25, 0.3) is 0 Å². The monoisotopic (exact) mass is 236 g/mol. The lowest BCUT2D eigenvalue weighted by molar-refractivity contribution is 0.0847. The summed E-state index contributed by atoms with van der Waals surface area (Å²) in [7, 11) is 10.3. The summed E-state index contributed by atoms with van der Waals surface area (Å²) >= 11 is 0. The minimum Gasteiger partial charge on any atom is -0.250 e.